The van der Waals surface area contributed by atoms with Crippen molar-refractivity contribution >= 4 is 98.9 Å². The van der Waals surface area contributed by atoms with Crippen molar-refractivity contribution < 1.29 is 76.5 Å². The summed E-state index contributed by atoms with van der Waals surface area (Å²) < 4.78 is 60.0. The van der Waals surface area contributed by atoms with Crippen molar-refractivity contribution in [2.75, 3.05) is 26.5 Å². The first kappa shape index (κ1) is 92.4. The number of hydrogen-bond donors (Lipinski definition) is 4. The first-order valence-corrected chi connectivity index (χ1v) is 42.3. The fraction of sp³-hybridized carbons (Fsp3) is 0.262. The van der Waals surface area contributed by atoms with E-state index in [1.807, 2.05) is 62.2 Å². The monoisotopic (exact) mass is 1870 g/mol. The van der Waals surface area contributed by atoms with Crippen LogP contribution in [-0.2, 0) is 58.2 Å². The normalized spacial score (nSPS) is 13.1. The summed E-state index contributed by atoms with van der Waals surface area (Å²) in [6, 6.07) is 11.4. The SMILES string of the molecule is COC(=O)c1cn(Cc2cn3cc(C4CC4)cc(-n4cnnc4)c3n2)nn1.COC(=O)c1cn(Cc2cn3cc(C4CC4)cc(N)c3n2)nn1.NCc1ncn2ccc(Cl)c(F)c12.O=C(CCc1ncn2ccc(Cl)c(F)c12)c1cn(Cc2cn3cc(C4CC4)cc(-n4cnnc4)c3n2)nn1.O=C(O)c1cn(Cc2cn3cc(C4CC4)cc(-n4cnnc4)c3n2)nn1.O=CCNC=O.[Li+].[OH-]. The molecule has 19 heterocycles. The Bertz CT molecular complexity index is 7500. The van der Waals surface area contributed by atoms with Crippen LogP contribution in [0.15, 0.2) is 174 Å². The number of amides is 1. The Morgan fingerprint density at radius 2 is 0.815 bits per heavy atom. The minimum atomic E-state index is -1.10. The number of nitrogens with one attached hydrogen (secondary N) is 1. The maximum absolute atomic E-state index is 14.5. The Labute approximate surface area is 781 Å². The minimum absolute atomic E-state index is 0. The van der Waals surface area contributed by atoms with Gasteiger partial charge in [0.1, 0.15) is 61.0 Å². The van der Waals surface area contributed by atoms with Crippen LogP contribution in [0.2, 0.25) is 10.0 Å². The number of halogens is 4. The summed E-state index contributed by atoms with van der Waals surface area (Å²) in [5, 5.41) is 65.8. The van der Waals surface area contributed by atoms with Crippen molar-refractivity contribution in [1.29, 1.82) is 0 Å². The Morgan fingerprint density at radius 1 is 0.474 bits per heavy atom. The van der Waals surface area contributed by atoms with Crippen molar-refractivity contribution in [3.8, 4) is 17.1 Å². The maximum atomic E-state index is 14.5. The van der Waals surface area contributed by atoms with E-state index in [0.717, 1.165) is 62.4 Å². The smallest absolute Gasteiger partial charge is 0.870 e. The summed E-state index contributed by atoms with van der Waals surface area (Å²) in [6.45, 7) is 1.80. The van der Waals surface area contributed by atoms with Crippen molar-refractivity contribution in [3.63, 3.8) is 0 Å². The molecule has 19 aromatic rings. The molecule has 135 heavy (non-hydrogen) atoms. The zero-order valence-corrected chi connectivity index (χ0v) is 73.5. The van der Waals surface area contributed by atoms with Crippen molar-refractivity contribution in [2.24, 2.45) is 5.73 Å². The predicted octanol–water partition coefficient (Wildman–Crippen LogP) is 4.60. The third-order valence-corrected chi connectivity index (χ3v) is 22.5. The molecule has 51 heteroatoms. The van der Waals surface area contributed by atoms with Crippen molar-refractivity contribution in [1.82, 2.24) is 166 Å². The molecule has 0 aliphatic heterocycles. The van der Waals surface area contributed by atoms with Crippen LogP contribution in [0.4, 0.5) is 14.5 Å². The summed E-state index contributed by atoms with van der Waals surface area (Å²) in [5.41, 5.74) is 28.3. The molecule has 46 nitrogen and oxygen atoms in total. The number of ether oxygens (including phenoxy) is 2. The standard InChI is InChI=1S/C25H20ClFN10O.C17H16N8O2.C16H14N8O2.C15H16N6O2.C8H7ClFN3.C3H5NO2.Li.H2O/c26-18-5-6-34-12-28-19(24(34)23(18)27)3-4-22(38)20-11-37(33-32-20)10-17-9-35-8-16(15-1-2-15)7-21(25(35)31-17)36-13-29-30-14-36;1-27-17(26)14-8-25(22-21-14)7-13-6-23-5-12(11-2-3-11)4-15(16(23)20-13)24-9-18-19-10-24;25-16(26)13-7-24(21-20-13)6-12-5-22-4-11(10-1-2-10)3-14(15(22)19-12)23-8-17-18-9-23;1-23-15(22)13-8-21(19-18-13)7-11-6-20-5-10(9-2-3-9)4-12(16)14(20)17-11;9-5-1-2-13-4-12-6(3-11)8(13)7(5)10;5-2-1-4-3-6;;/h5-9,11-15H,1-4,10H2;4-6,8-11H,2-3,7H2,1H3;3-5,7-10H,1-2,6H2,(H,25,26);4-6,8-9H,2-3,7,16H2,1H3;1-2,4H,3,11H2;2-3H,1H2,(H,4,6);;1H2/q;;;;;;+1;/p-1. The topological polar surface area (TPSA) is 554 Å². The Kier molecular flexibility index (Phi) is 27.7. The zero-order valence-electron chi connectivity index (χ0n) is 72.0. The molecule has 0 radical (unpaired) electrons. The summed E-state index contributed by atoms with van der Waals surface area (Å²) in [7, 11) is 2.62. The quantitative estimate of drug-likeness (QED) is 0.0189. The molecule has 4 fully saturated rings. The van der Waals surface area contributed by atoms with Crippen LogP contribution in [0.3, 0.4) is 0 Å². The van der Waals surface area contributed by atoms with E-state index in [0.29, 0.717) is 85.1 Å². The second kappa shape index (κ2) is 40.4. The minimum Gasteiger partial charge on any atom is -0.870 e. The molecule has 7 N–H and O–H groups in total. The van der Waals surface area contributed by atoms with Gasteiger partial charge in [-0.15, -0.1) is 51.0 Å². The number of nitrogen functional groups attached to an aromatic ring is 1. The largest absolute Gasteiger partial charge is 1.00 e. The molecule has 0 saturated heterocycles. The zero-order chi connectivity index (χ0) is 92.1. The van der Waals surface area contributed by atoms with Gasteiger partial charge in [-0.3, -0.25) is 23.3 Å². The van der Waals surface area contributed by atoms with E-state index in [-0.39, 0.29) is 94.4 Å². The van der Waals surface area contributed by atoms with Gasteiger partial charge in [0.25, 0.3) is 0 Å². The second-order valence-corrected chi connectivity index (χ2v) is 32.2. The number of methoxy groups -OCH3 is 2. The molecule has 0 aromatic carbocycles. The molecule has 684 valence electrons. The number of imidazole rings is 6. The van der Waals surface area contributed by atoms with E-state index in [9.17, 15) is 37.5 Å². The summed E-state index contributed by atoms with van der Waals surface area (Å²) >= 11 is 11.5. The van der Waals surface area contributed by atoms with E-state index in [2.05, 4.69) is 150 Å². The number of fused-ring (bicyclic) bond motifs is 6. The molecule has 23 rings (SSSR count). The van der Waals surface area contributed by atoms with E-state index in [4.69, 9.17) is 49.7 Å². The molecule has 4 saturated carbocycles. The summed E-state index contributed by atoms with van der Waals surface area (Å²) in [5.74, 6) is -0.962. The van der Waals surface area contributed by atoms with Crippen molar-refractivity contribution in [2.45, 2.75) is 121 Å². The first-order chi connectivity index (χ1) is 64.7. The number of rotatable bonds is 26. The molecule has 19 aromatic heterocycles. The fourth-order valence-corrected chi connectivity index (χ4v) is 15.1. The molecule has 0 spiro atoms. The number of nitrogens with two attached hydrogens (primary N) is 2. The molecule has 0 unspecified atom stereocenters. The number of nitrogens with zero attached hydrogens (tertiary/aromatic N) is 33. The van der Waals surface area contributed by atoms with E-state index in [1.54, 1.807) is 85.6 Å². The third-order valence-electron chi connectivity index (χ3n) is 21.9. The van der Waals surface area contributed by atoms with Gasteiger partial charge in [0.05, 0.1) is 151 Å². The van der Waals surface area contributed by atoms with Gasteiger partial charge in [0.2, 0.25) is 6.41 Å². The van der Waals surface area contributed by atoms with Gasteiger partial charge in [0, 0.05) is 74.9 Å². The average Bonchev–Trinajstić information content (AvgIpc) is 1.62. The van der Waals surface area contributed by atoms with Crippen molar-refractivity contribution in [3.05, 3.63) is 275 Å². The van der Waals surface area contributed by atoms with Gasteiger partial charge in [-0.2, -0.15) is 0 Å². The number of carbonyl (C=O) groups is 6. The molecular weight excluding hydrogens is 1790 g/mol. The number of aromatic nitrogens is 33. The van der Waals surface area contributed by atoms with Crippen LogP contribution in [-0.4, -0.2) is 228 Å². The van der Waals surface area contributed by atoms with Gasteiger partial charge in [-0.1, -0.05) is 44.1 Å². The molecule has 0 bridgehead atoms. The van der Waals surface area contributed by atoms with Gasteiger partial charge in [-0.05, 0) is 140 Å². The predicted molar refractivity (Wildman–Crippen MR) is 467 cm³/mol. The van der Waals surface area contributed by atoms with Crippen LogP contribution in [0.25, 0.3) is 50.7 Å². The van der Waals surface area contributed by atoms with Crippen LogP contribution >= 0.6 is 23.2 Å². The van der Waals surface area contributed by atoms with Crippen LogP contribution < -0.4 is 35.6 Å². The third kappa shape index (κ3) is 21.0. The van der Waals surface area contributed by atoms with Crippen LogP contribution in [0.1, 0.15) is 180 Å². The average molecular weight is 1870 g/mol. The second-order valence-electron chi connectivity index (χ2n) is 31.4. The number of carboxylic acids is 1. The van der Waals surface area contributed by atoms with Gasteiger partial charge in [0.15, 0.2) is 57.1 Å². The van der Waals surface area contributed by atoms with E-state index >= 15 is 0 Å². The van der Waals surface area contributed by atoms with E-state index < -0.39 is 29.5 Å². The molecule has 0 atom stereocenters. The molecule has 4 aliphatic carbocycles. The summed E-state index contributed by atoms with van der Waals surface area (Å²) in [6.07, 6.45) is 49.6. The number of aromatic carboxylic acids is 1. The molecule has 4 aliphatic rings. The van der Waals surface area contributed by atoms with Gasteiger partial charge >= 0.3 is 36.8 Å². The Morgan fingerprint density at radius 3 is 1.16 bits per heavy atom. The number of esters is 2. The molecule has 1 amide bonds. The number of aryl methyl sites for hydroxylation is 1. The van der Waals surface area contributed by atoms with Crippen LogP contribution in [0.5, 0.6) is 0 Å². The maximum Gasteiger partial charge on any atom is 1.00 e. The first-order valence-electron chi connectivity index (χ1n) is 41.5. The number of ketones is 1. The number of carboxylic acid groups (broad SMARTS) is 1. The number of pyridine rings is 6. The molecular formula is C84H79Cl2F2LiN36O10. The Hall–Kier alpha value is -15.9. The number of carbonyl (C=O) groups excluding carboxylic acids is 5. The number of aldehydes is 1. The van der Waals surface area contributed by atoms with Gasteiger partial charge < -0.3 is 68.0 Å². The number of Topliss-reactive ketones (excluding diaryl/α,β-unsaturated/α-hetero) is 1. The number of anilines is 1. The summed E-state index contributed by atoms with van der Waals surface area (Å²) in [4.78, 5) is 92.3. The Balaban J connectivity index is 0.000000124. The van der Waals surface area contributed by atoms with Crippen LogP contribution in [0, 0.1) is 11.6 Å². The van der Waals surface area contributed by atoms with Gasteiger partial charge in [-0.25, -0.2) is 71.8 Å². The number of hydrogen-bond acceptors (Lipinski definition) is 31. The fourth-order valence-electron chi connectivity index (χ4n) is 14.8. The van der Waals surface area contributed by atoms with E-state index in [1.165, 1.54) is 130 Å².